The lowest BCUT2D eigenvalue weighted by Crippen LogP contribution is -2.44. The Bertz CT molecular complexity index is 1070. The topological polar surface area (TPSA) is 79.4 Å². The zero-order valence-electron chi connectivity index (χ0n) is 20.9. The average Bonchev–Trinajstić information content (AvgIpc) is 3.44. The number of nitrogens with zero attached hydrogens (tertiary/aromatic N) is 2. The zero-order valence-corrected chi connectivity index (χ0v) is 22.5. The second kappa shape index (κ2) is 12.7. The van der Waals surface area contributed by atoms with Gasteiger partial charge in [0.25, 0.3) is 0 Å². The van der Waals surface area contributed by atoms with Crippen LogP contribution in [0.5, 0.6) is 0 Å². The number of ketones is 2. The molecule has 0 spiro atoms. The minimum atomic E-state index is -0.494. The third-order valence-electron chi connectivity index (χ3n) is 6.60. The van der Waals surface area contributed by atoms with Crippen molar-refractivity contribution in [3.05, 3.63) is 40.4 Å². The second-order valence-corrected chi connectivity index (χ2v) is 11.5. The normalized spacial score (nSPS) is 15.9. The molecule has 8 heteroatoms. The van der Waals surface area contributed by atoms with Gasteiger partial charge in [-0.15, -0.1) is 11.3 Å². The van der Waals surface area contributed by atoms with E-state index in [1.165, 1.54) is 18.3 Å². The summed E-state index contributed by atoms with van der Waals surface area (Å²) in [4.78, 5) is 44.6. The van der Waals surface area contributed by atoms with Gasteiger partial charge in [0.2, 0.25) is 5.91 Å². The van der Waals surface area contributed by atoms with Crippen LogP contribution in [0.4, 0.5) is 0 Å². The van der Waals surface area contributed by atoms with Crippen molar-refractivity contribution in [1.29, 1.82) is 0 Å². The van der Waals surface area contributed by atoms with Gasteiger partial charge in [0.1, 0.15) is 5.78 Å². The van der Waals surface area contributed by atoms with Crippen LogP contribution in [0.1, 0.15) is 56.9 Å². The third kappa shape index (κ3) is 8.23. The number of hydrogen-bond donors (Lipinski definition) is 1. The van der Waals surface area contributed by atoms with E-state index in [2.05, 4.69) is 16.9 Å². The molecule has 1 aliphatic carbocycles. The van der Waals surface area contributed by atoms with E-state index in [0.29, 0.717) is 42.3 Å². The Morgan fingerprint density at radius 3 is 2.63 bits per heavy atom. The number of benzene rings is 1. The van der Waals surface area contributed by atoms with Crippen LogP contribution in [0, 0.1) is 11.8 Å². The van der Waals surface area contributed by atoms with Crippen LogP contribution >= 0.6 is 22.9 Å². The maximum atomic E-state index is 13.4. The van der Waals surface area contributed by atoms with Crippen LogP contribution in [-0.2, 0) is 20.8 Å². The molecule has 190 valence electrons. The van der Waals surface area contributed by atoms with Gasteiger partial charge in [0.15, 0.2) is 5.78 Å². The number of Topliss-reactive ketones (excluding diaryl/α,β-unsaturated/α-hetero) is 2. The van der Waals surface area contributed by atoms with Gasteiger partial charge in [-0.3, -0.25) is 9.59 Å². The summed E-state index contributed by atoms with van der Waals surface area (Å²) in [5.41, 5.74) is 1.44. The molecule has 1 saturated carbocycles. The van der Waals surface area contributed by atoms with Gasteiger partial charge < -0.3 is 15.0 Å². The number of aromatic nitrogens is 1. The van der Waals surface area contributed by atoms with Gasteiger partial charge in [-0.25, -0.2) is 4.98 Å². The van der Waals surface area contributed by atoms with Crippen LogP contribution in [0.3, 0.4) is 0 Å². The van der Waals surface area contributed by atoms with Crippen molar-refractivity contribution in [2.45, 2.75) is 64.3 Å². The Kier molecular flexibility index (Phi) is 10.0. The fourth-order valence-corrected chi connectivity index (χ4v) is 6.19. The molecule has 0 unspecified atom stereocenters. The second-order valence-electron chi connectivity index (χ2n) is 9.99. The highest BCUT2D eigenvalue weighted by molar-refractivity contribution is 7.18. The molecule has 35 heavy (non-hydrogen) atoms. The molecule has 0 saturated heterocycles. The number of halogens is 1. The number of thiazole rings is 1. The van der Waals surface area contributed by atoms with Crippen LogP contribution in [0.25, 0.3) is 10.2 Å². The third-order valence-corrected chi connectivity index (χ3v) is 7.88. The van der Waals surface area contributed by atoms with E-state index >= 15 is 0 Å². The molecule has 1 N–H and O–H groups in total. The maximum absolute atomic E-state index is 13.4. The Balaban J connectivity index is 1.70. The molecule has 1 aliphatic rings. The molecular formula is C27H36ClN3O3S. The van der Waals surface area contributed by atoms with E-state index in [9.17, 15) is 14.4 Å². The Labute approximate surface area is 217 Å². The lowest BCUT2D eigenvalue weighted by atomic mass is 9.90. The van der Waals surface area contributed by atoms with E-state index < -0.39 is 5.92 Å². The molecule has 0 bridgehead atoms. The quantitative estimate of drug-likeness (QED) is 0.368. The summed E-state index contributed by atoms with van der Waals surface area (Å²) in [5, 5.41) is 4.70. The molecule has 6 nitrogen and oxygen atoms in total. The first kappa shape index (κ1) is 27.5. The number of carbonyl (C=O) groups is 3. The SMILES string of the molecule is C=C(CN(C)C)C(=O)CC[C@@H](NC(=O)[C@@H](CC(C)=O)Cc1nc2ccc(Cl)cc2s1)C1CCCC1. The smallest absolute Gasteiger partial charge is 0.224 e. The van der Waals surface area contributed by atoms with Gasteiger partial charge in [0, 0.05) is 42.4 Å². The molecule has 0 aliphatic heterocycles. The Morgan fingerprint density at radius 1 is 1.26 bits per heavy atom. The Morgan fingerprint density at radius 2 is 1.97 bits per heavy atom. The van der Waals surface area contributed by atoms with E-state index in [1.54, 1.807) is 6.07 Å². The van der Waals surface area contributed by atoms with Crippen molar-refractivity contribution in [3.8, 4) is 0 Å². The highest BCUT2D eigenvalue weighted by atomic mass is 35.5. The molecule has 1 aromatic heterocycles. The first-order valence-corrected chi connectivity index (χ1v) is 13.5. The minimum absolute atomic E-state index is 0.0260. The number of nitrogens with one attached hydrogen (secondary N) is 1. The van der Waals surface area contributed by atoms with E-state index in [4.69, 9.17) is 11.6 Å². The van der Waals surface area contributed by atoms with Crippen molar-refractivity contribution in [2.24, 2.45) is 11.8 Å². The lowest BCUT2D eigenvalue weighted by molar-refractivity contribution is -0.129. The molecule has 3 rings (SSSR count). The number of likely N-dealkylation sites (N-methyl/N-ethyl adjacent to an activating group) is 1. The number of hydrogen-bond acceptors (Lipinski definition) is 6. The Hall–Kier alpha value is -2.09. The number of rotatable bonds is 13. The number of carbonyl (C=O) groups excluding carboxylic acids is 3. The summed E-state index contributed by atoms with van der Waals surface area (Å²) < 4.78 is 0.967. The number of fused-ring (bicyclic) bond motifs is 1. The van der Waals surface area contributed by atoms with E-state index in [0.717, 1.165) is 40.9 Å². The molecule has 1 fully saturated rings. The molecule has 1 aromatic carbocycles. The summed E-state index contributed by atoms with van der Waals surface area (Å²) in [6.07, 6.45) is 5.91. The van der Waals surface area contributed by atoms with Gasteiger partial charge >= 0.3 is 0 Å². The first-order valence-electron chi connectivity index (χ1n) is 12.3. The molecule has 2 atom stereocenters. The predicted molar refractivity (Wildman–Crippen MR) is 143 cm³/mol. The van der Waals surface area contributed by atoms with Gasteiger partial charge in [-0.05, 0) is 64.4 Å². The van der Waals surface area contributed by atoms with Crippen molar-refractivity contribution >= 4 is 50.6 Å². The highest BCUT2D eigenvalue weighted by Gasteiger charge is 2.30. The van der Waals surface area contributed by atoms with Crippen LogP contribution in [0.2, 0.25) is 5.02 Å². The molecular weight excluding hydrogens is 482 g/mol. The van der Waals surface area contributed by atoms with Crippen LogP contribution in [-0.4, -0.2) is 54.0 Å². The van der Waals surface area contributed by atoms with Gasteiger partial charge in [-0.1, -0.05) is 31.0 Å². The summed E-state index contributed by atoms with van der Waals surface area (Å²) in [6.45, 7) is 5.98. The van der Waals surface area contributed by atoms with Crippen LogP contribution < -0.4 is 5.32 Å². The first-order chi connectivity index (χ1) is 16.6. The maximum Gasteiger partial charge on any atom is 0.224 e. The van der Waals surface area contributed by atoms with Crippen LogP contribution in [0.15, 0.2) is 30.4 Å². The minimum Gasteiger partial charge on any atom is -0.353 e. The van der Waals surface area contributed by atoms with Gasteiger partial charge in [-0.2, -0.15) is 0 Å². The molecule has 1 amide bonds. The van der Waals surface area contributed by atoms with Crippen molar-refractivity contribution in [3.63, 3.8) is 0 Å². The monoisotopic (exact) mass is 517 g/mol. The highest BCUT2D eigenvalue weighted by Crippen LogP contribution is 2.31. The fourth-order valence-electron chi connectivity index (χ4n) is 4.87. The average molecular weight is 518 g/mol. The molecule has 0 radical (unpaired) electrons. The summed E-state index contributed by atoms with van der Waals surface area (Å²) in [7, 11) is 3.82. The van der Waals surface area contributed by atoms with E-state index in [-0.39, 0.29) is 29.9 Å². The largest absolute Gasteiger partial charge is 0.353 e. The van der Waals surface area contributed by atoms with Crippen molar-refractivity contribution < 1.29 is 14.4 Å². The number of amides is 1. The fraction of sp³-hybridized carbons (Fsp3) is 0.556. The summed E-state index contributed by atoms with van der Waals surface area (Å²) >= 11 is 7.61. The van der Waals surface area contributed by atoms with Gasteiger partial charge in [0.05, 0.1) is 21.1 Å². The van der Waals surface area contributed by atoms with E-state index in [1.807, 2.05) is 31.1 Å². The zero-order chi connectivity index (χ0) is 25.5. The lowest BCUT2D eigenvalue weighted by Gasteiger charge is -2.27. The summed E-state index contributed by atoms with van der Waals surface area (Å²) in [5.74, 6) is -0.247. The van der Waals surface area contributed by atoms with Crippen molar-refractivity contribution in [2.75, 3.05) is 20.6 Å². The standard InChI is InChI=1S/C27H36ClN3O3S/c1-17(16-31(3)4)24(33)12-11-22(19-7-5-6-8-19)30-27(34)20(13-18(2)32)14-26-29-23-10-9-21(28)15-25(23)35-26/h9-10,15,19-20,22H,1,5-8,11-14,16H2,2-4H3,(H,30,34)/t20-,22+/m0/s1. The summed E-state index contributed by atoms with van der Waals surface area (Å²) in [6, 6.07) is 5.46. The molecule has 2 aromatic rings. The van der Waals surface area contributed by atoms with Crippen molar-refractivity contribution in [1.82, 2.24) is 15.2 Å². The predicted octanol–water partition coefficient (Wildman–Crippen LogP) is 5.23. The molecule has 1 heterocycles.